The van der Waals surface area contributed by atoms with Crippen molar-refractivity contribution in [1.82, 2.24) is 0 Å². The van der Waals surface area contributed by atoms with Crippen LogP contribution in [-0.2, 0) is 12.3 Å². The first-order valence-electron chi connectivity index (χ1n) is 11.0. The van der Waals surface area contributed by atoms with E-state index in [4.69, 9.17) is 16.8 Å². The van der Waals surface area contributed by atoms with Gasteiger partial charge in [0.1, 0.15) is 5.75 Å². The van der Waals surface area contributed by atoms with Gasteiger partial charge in [0, 0.05) is 15.8 Å². The van der Waals surface area contributed by atoms with Crippen molar-refractivity contribution in [3.8, 4) is 5.75 Å². The second kappa shape index (κ2) is 10.6. The number of benzene rings is 1. The van der Waals surface area contributed by atoms with Crippen LogP contribution in [0.5, 0.6) is 5.75 Å². The van der Waals surface area contributed by atoms with Gasteiger partial charge in [0.25, 0.3) is 0 Å². The Morgan fingerprint density at radius 3 is 1.60 bits per heavy atom. The van der Waals surface area contributed by atoms with E-state index in [9.17, 15) is 0 Å². The molecule has 0 saturated carbocycles. The van der Waals surface area contributed by atoms with Crippen LogP contribution >= 0.6 is 0 Å². The molecule has 0 saturated heterocycles. The summed E-state index contributed by atoms with van der Waals surface area (Å²) in [5.41, 5.74) is 3.80. The summed E-state index contributed by atoms with van der Waals surface area (Å²) in [5, 5.41) is 0. The molecular weight excluding hydrogens is 457 g/mol. The lowest BCUT2D eigenvalue weighted by Gasteiger charge is -2.40. The number of para-hydroxylation sites is 1. The maximum absolute atomic E-state index is 6.76. The van der Waals surface area contributed by atoms with E-state index in [0.29, 0.717) is 0 Å². The third kappa shape index (κ3) is 9.90. The second-order valence-corrected chi connectivity index (χ2v) is 28.2. The predicted molar refractivity (Wildman–Crippen MR) is 144 cm³/mol. The fraction of sp³-hybridized carbons (Fsp3) is 0.619. The van der Waals surface area contributed by atoms with Crippen LogP contribution in [0.1, 0.15) is 25.8 Å². The van der Waals surface area contributed by atoms with Crippen LogP contribution in [0.15, 0.2) is 29.8 Å². The van der Waals surface area contributed by atoms with Crippen LogP contribution in [-0.4, -0.2) is 44.2 Å². The van der Waals surface area contributed by atoms with Crippen molar-refractivity contribution in [3.05, 3.63) is 35.4 Å². The van der Waals surface area contributed by atoms with E-state index in [2.05, 4.69) is 84.9 Å². The molecule has 0 fully saturated rings. The van der Waals surface area contributed by atoms with Crippen molar-refractivity contribution < 1.29 is 16.8 Å². The van der Waals surface area contributed by atoms with Crippen molar-refractivity contribution in [3.63, 3.8) is 0 Å². The molecule has 4 nitrogen and oxygen atoms in total. The van der Waals surface area contributed by atoms with Gasteiger partial charge in [-0.25, -0.2) is 0 Å². The summed E-state index contributed by atoms with van der Waals surface area (Å²) < 4.78 is 26.8. The topological polar surface area (TPSA) is 36.9 Å². The summed E-state index contributed by atoms with van der Waals surface area (Å²) >= 11 is 0. The molecule has 0 aliphatic rings. The molecule has 1 rings (SSSR count). The maximum Gasteiger partial charge on any atom is 0.717 e. The molecule has 0 aliphatic carbocycles. The van der Waals surface area contributed by atoms with Crippen LogP contribution in [0.2, 0.25) is 65.0 Å². The van der Waals surface area contributed by atoms with Crippen molar-refractivity contribution in [2.45, 2.75) is 85.2 Å². The van der Waals surface area contributed by atoms with Crippen molar-refractivity contribution >= 4 is 49.8 Å². The van der Waals surface area contributed by atoms with E-state index in [-0.39, 0.29) is 0 Å². The third-order valence-corrected chi connectivity index (χ3v) is 15.4. The summed E-state index contributed by atoms with van der Waals surface area (Å²) in [6.45, 7) is 24.0. The zero-order chi connectivity index (χ0) is 23.4. The van der Waals surface area contributed by atoms with Crippen molar-refractivity contribution in [2.75, 3.05) is 0 Å². The Hall–Kier alpha value is -0.276. The molecule has 1 aromatic rings. The molecule has 0 N–H and O–H groups in total. The third-order valence-electron chi connectivity index (χ3n) is 4.08. The summed E-state index contributed by atoms with van der Waals surface area (Å²) in [4.78, 5) is 0. The van der Waals surface area contributed by atoms with Gasteiger partial charge in [0.2, 0.25) is 0 Å². The molecule has 0 atom stereocenters. The Balaban J connectivity index is 3.59. The van der Waals surface area contributed by atoms with Gasteiger partial charge in [-0.2, -0.15) is 0 Å². The predicted octanol–water partition coefficient (Wildman–Crippen LogP) is 6.02. The average molecular weight is 501 g/mol. The fourth-order valence-corrected chi connectivity index (χ4v) is 15.4. The molecule has 0 bridgehead atoms. The Morgan fingerprint density at radius 2 is 1.20 bits per heavy atom. The molecule has 0 unspecified atom stereocenters. The first-order chi connectivity index (χ1) is 13.5. The molecule has 0 aromatic heterocycles. The Kier molecular flexibility index (Phi) is 9.77. The summed E-state index contributed by atoms with van der Waals surface area (Å²) in [6.07, 6.45) is 1.14. The van der Waals surface area contributed by atoms with E-state index in [0.717, 1.165) is 17.7 Å². The van der Waals surface area contributed by atoms with Gasteiger partial charge >= 0.3 is 9.05 Å². The highest BCUT2D eigenvalue weighted by Gasteiger charge is 2.56. The van der Waals surface area contributed by atoms with Gasteiger partial charge < -0.3 is 16.8 Å². The minimum absolute atomic E-state index is 0.809. The van der Waals surface area contributed by atoms with Crippen LogP contribution in [0.4, 0.5) is 0 Å². The Morgan fingerprint density at radius 1 is 0.767 bits per heavy atom. The fourth-order valence-electron chi connectivity index (χ4n) is 3.04. The number of rotatable bonds is 11. The normalized spacial score (nSPS) is 14.6. The smallest absolute Gasteiger partial charge is 0.481 e. The molecule has 9 heteroatoms. The lowest BCUT2D eigenvalue weighted by Crippen LogP contribution is -2.64. The molecule has 172 valence electrons. The first-order valence-corrected chi connectivity index (χ1v) is 24.3. The van der Waals surface area contributed by atoms with Crippen LogP contribution < -0.4 is 4.43 Å². The molecule has 0 spiro atoms. The summed E-state index contributed by atoms with van der Waals surface area (Å²) in [5.74, 6) is 0.809. The maximum atomic E-state index is 6.76. The number of hydrogen-bond acceptors (Lipinski definition) is 4. The van der Waals surface area contributed by atoms with Crippen LogP contribution in [0.3, 0.4) is 0 Å². The molecule has 1 aromatic carbocycles. The minimum Gasteiger partial charge on any atom is -0.481 e. The largest absolute Gasteiger partial charge is 0.717 e. The first kappa shape index (κ1) is 27.8. The highest BCUT2D eigenvalue weighted by molar-refractivity contribution is 6.88. The van der Waals surface area contributed by atoms with Gasteiger partial charge in [0.05, 0.1) is 0 Å². The van der Waals surface area contributed by atoms with Gasteiger partial charge in [-0.3, -0.25) is 0 Å². The van der Waals surface area contributed by atoms with Gasteiger partial charge in [-0.15, -0.1) is 0 Å². The average Bonchev–Trinajstić information content (AvgIpc) is 2.49. The quantitative estimate of drug-likeness (QED) is 0.348. The van der Waals surface area contributed by atoms with Gasteiger partial charge in [-0.1, -0.05) is 29.8 Å². The molecular formula is C21H44O4Si5. The zero-order valence-electron chi connectivity index (χ0n) is 21.4. The van der Waals surface area contributed by atoms with E-state index in [1.807, 2.05) is 12.1 Å². The van der Waals surface area contributed by atoms with E-state index in [1.54, 1.807) is 0 Å². The van der Waals surface area contributed by atoms with E-state index >= 15 is 0 Å². The van der Waals surface area contributed by atoms with Crippen LogP contribution in [0.25, 0.3) is 5.57 Å². The van der Waals surface area contributed by atoms with Gasteiger partial charge in [-0.05, 0) is 90.8 Å². The number of hydrogen-bond donors (Lipinski definition) is 0. The van der Waals surface area contributed by atoms with E-state index in [1.165, 1.54) is 27.4 Å². The standard InChI is InChI=1S/C21H44O4Si5/c1-18(16-17-26)19(2)20-14-12-13-15-21(20)22-30(23-27(3,4)5,24-28(6,7)8)25-29(9,10)11/h12-15H,16-17H2,1-11,26H3. The Bertz CT molecular complexity index is 689. The van der Waals surface area contributed by atoms with Crippen molar-refractivity contribution in [1.29, 1.82) is 0 Å². The van der Waals surface area contributed by atoms with E-state index < -0.39 is 34.0 Å². The lowest BCUT2D eigenvalue weighted by atomic mass is 10.0. The number of allylic oxidation sites excluding steroid dienone is 2. The summed E-state index contributed by atoms with van der Waals surface area (Å²) in [6, 6.07) is 9.52. The van der Waals surface area contributed by atoms with Crippen LogP contribution in [0, 0.1) is 0 Å². The molecule has 30 heavy (non-hydrogen) atoms. The highest BCUT2D eigenvalue weighted by atomic mass is 28.5. The highest BCUT2D eigenvalue weighted by Crippen LogP contribution is 2.34. The molecule has 0 amide bonds. The lowest BCUT2D eigenvalue weighted by molar-refractivity contribution is 0.152. The summed E-state index contributed by atoms with van der Waals surface area (Å²) in [7, 11) is -8.19. The van der Waals surface area contributed by atoms with Gasteiger partial charge in [0.15, 0.2) is 25.0 Å². The zero-order valence-corrected chi connectivity index (χ0v) is 27.4. The monoisotopic (exact) mass is 500 g/mol. The second-order valence-electron chi connectivity index (χ2n) is 10.9. The molecule has 0 heterocycles. The Labute approximate surface area is 192 Å². The minimum atomic E-state index is -3.40. The molecule has 0 radical (unpaired) electrons. The SMILES string of the molecule is CC(CC[SiH3])=C(C)c1ccccc1O[Si](O[Si](C)(C)C)(O[Si](C)(C)C)O[Si](C)(C)C. The molecule has 0 aliphatic heterocycles. The van der Waals surface area contributed by atoms with Crippen molar-refractivity contribution in [2.24, 2.45) is 0 Å².